The van der Waals surface area contributed by atoms with Crippen LogP contribution in [0.2, 0.25) is 5.02 Å². The van der Waals surface area contributed by atoms with Crippen LogP contribution in [-0.4, -0.2) is 30.6 Å². The SMILES string of the molecule is COC(=O)[C@H]1CCCCN1Cc1cc(=O)oc2cc(C)c(Cl)cc12. The second kappa shape index (κ2) is 6.95. The molecule has 0 spiro atoms. The van der Waals surface area contributed by atoms with E-state index in [1.54, 1.807) is 6.07 Å². The number of likely N-dealkylation sites (tertiary alicyclic amines) is 1. The first kappa shape index (κ1) is 17.0. The Morgan fingerprint density at radius 2 is 2.17 bits per heavy atom. The molecular formula is C18H20ClNO4. The molecule has 0 N–H and O–H groups in total. The van der Waals surface area contributed by atoms with Gasteiger partial charge >= 0.3 is 11.6 Å². The standard InChI is InChI=1S/C18H20ClNO4/c1-11-7-16-13(9-14(11)19)12(8-17(21)24-16)10-20-6-4-3-5-15(20)18(22)23-2/h7-9,15H,3-6,10H2,1-2H3/t15-/m1/s1. The lowest BCUT2D eigenvalue weighted by Gasteiger charge is -2.33. The fraction of sp³-hybridized carbons (Fsp3) is 0.444. The summed E-state index contributed by atoms with van der Waals surface area (Å²) in [6.07, 6.45) is 2.79. The molecule has 1 aromatic carbocycles. The van der Waals surface area contributed by atoms with Crippen molar-refractivity contribution in [2.45, 2.75) is 38.8 Å². The molecule has 2 aromatic rings. The van der Waals surface area contributed by atoms with Gasteiger partial charge in [0, 0.05) is 23.0 Å². The second-order valence-electron chi connectivity index (χ2n) is 6.19. The Hall–Kier alpha value is -1.85. The summed E-state index contributed by atoms with van der Waals surface area (Å²) in [7, 11) is 1.41. The van der Waals surface area contributed by atoms with Crippen molar-refractivity contribution in [3.8, 4) is 0 Å². The molecule has 6 heteroatoms. The molecule has 1 aliphatic heterocycles. The highest BCUT2D eigenvalue weighted by molar-refractivity contribution is 6.32. The first-order valence-electron chi connectivity index (χ1n) is 8.04. The van der Waals surface area contributed by atoms with Crippen molar-refractivity contribution in [3.63, 3.8) is 0 Å². The fourth-order valence-corrected chi connectivity index (χ4v) is 3.44. The number of fused-ring (bicyclic) bond motifs is 1. The van der Waals surface area contributed by atoms with E-state index in [0.717, 1.165) is 42.3 Å². The summed E-state index contributed by atoms with van der Waals surface area (Å²) in [6.45, 7) is 3.15. The molecule has 1 aliphatic rings. The van der Waals surface area contributed by atoms with Gasteiger partial charge in [-0.25, -0.2) is 4.79 Å². The first-order valence-corrected chi connectivity index (χ1v) is 8.42. The molecule has 24 heavy (non-hydrogen) atoms. The van der Waals surface area contributed by atoms with Gasteiger partial charge in [0.25, 0.3) is 0 Å². The van der Waals surface area contributed by atoms with Crippen LogP contribution in [0, 0.1) is 6.92 Å². The summed E-state index contributed by atoms with van der Waals surface area (Å²) >= 11 is 6.24. The van der Waals surface area contributed by atoms with Crippen LogP contribution in [0.15, 0.2) is 27.4 Å². The molecule has 0 saturated carbocycles. The zero-order valence-corrected chi connectivity index (χ0v) is 14.6. The van der Waals surface area contributed by atoms with Crippen LogP contribution in [0.25, 0.3) is 11.0 Å². The molecule has 1 fully saturated rings. The average molecular weight is 350 g/mol. The van der Waals surface area contributed by atoms with Crippen molar-refractivity contribution in [1.82, 2.24) is 4.90 Å². The number of hydrogen-bond donors (Lipinski definition) is 0. The molecular weight excluding hydrogens is 330 g/mol. The van der Waals surface area contributed by atoms with Gasteiger partial charge in [-0.15, -0.1) is 0 Å². The Bertz CT molecular complexity index is 830. The summed E-state index contributed by atoms with van der Waals surface area (Å²) in [5.41, 5.74) is 1.80. The van der Waals surface area contributed by atoms with E-state index in [2.05, 4.69) is 4.90 Å². The van der Waals surface area contributed by atoms with Crippen LogP contribution in [0.1, 0.15) is 30.4 Å². The number of methoxy groups -OCH3 is 1. The minimum absolute atomic E-state index is 0.226. The average Bonchev–Trinajstić information content (AvgIpc) is 2.56. The Balaban J connectivity index is 2.00. The van der Waals surface area contributed by atoms with Crippen molar-refractivity contribution >= 4 is 28.5 Å². The molecule has 1 aromatic heterocycles. The van der Waals surface area contributed by atoms with E-state index in [-0.39, 0.29) is 12.0 Å². The number of aryl methyl sites for hydroxylation is 1. The van der Waals surface area contributed by atoms with Crippen LogP contribution in [0.5, 0.6) is 0 Å². The highest BCUT2D eigenvalue weighted by Crippen LogP contribution is 2.27. The van der Waals surface area contributed by atoms with Crippen molar-refractivity contribution in [2.24, 2.45) is 0 Å². The minimum atomic E-state index is -0.397. The van der Waals surface area contributed by atoms with Gasteiger partial charge < -0.3 is 9.15 Å². The van der Waals surface area contributed by atoms with Crippen LogP contribution in [-0.2, 0) is 16.1 Å². The largest absolute Gasteiger partial charge is 0.468 e. The summed E-state index contributed by atoms with van der Waals surface area (Å²) < 4.78 is 10.2. The third-order valence-electron chi connectivity index (χ3n) is 4.57. The molecule has 0 unspecified atom stereocenters. The molecule has 5 nitrogen and oxygen atoms in total. The highest BCUT2D eigenvalue weighted by atomic mass is 35.5. The Morgan fingerprint density at radius 3 is 2.92 bits per heavy atom. The Labute approximate surface area is 145 Å². The summed E-state index contributed by atoms with van der Waals surface area (Å²) in [4.78, 5) is 26.0. The van der Waals surface area contributed by atoms with Gasteiger partial charge in [-0.1, -0.05) is 18.0 Å². The number of nitrogens with zero attached hydrogens (tertiary/aromatic N) is 1. The van der Waals surface area contributed by atoms with Crippen molar-refractivity contribution in [1.29, 1.82) is 0 Å². The maximum Gasteiger partial charge on any atom is 0.336 e. The number of halogens is 1. The number of hydrogen-bond acceptors (Lipinski definition) is 5. The van der Waals surface area contributed by atoms with Gasteiger partial charge in [0.15, 0.2) is 0 Å². The molecule has 0 radical (unpaired) electrons. The smallest absolute Gasteiger partial charge is 0.336 e. The number of benzene rings is 1. The fourth-order valence-electron chi connectivity index (χ4n) is 3.28. The van der Waals surface area contributed by atoms with Crippen molar-refractivity contribution < 1.29 is 13.9 Å². The van der Waals surface area contributed by atoms with E-state index in [1.165, 1.54) is 13.2 Å². The van der Waals surface area contributed by atoms with E-state index in [9.17, 15) is 9.59 Å². The van der Waals surface area contributed by atoms with E-state index in [1.807, 2.05) is 13.0 Å². The zero-order valence-electron chi connectivity index (χ0n) is 13.8. The first-order chi connectivity index (χ1) is 11.5. The number of carbonyl (C=O) groups is 1. The van der Waals surface area contributed by atoms with Gasteiger partial charge in [-0.05, 0) is 49.6 Å². The molecule has 3 rings (SSSR count). The van der Waals surface area contributed by atoms with Gasteiger partial charge in [0.2, 0.25) is 0 Å². The van der Waals surface area contributed by atoms with Gasteiger partial charge in [0.1, 0.15) is 11.6 Å². The lowest BCUT2D eigenvalue weighted by molar-refractivity contribution is -0.148. The lowest BCUT2D eigenvalue weighted by Crippen LogP contribution is -2.44. The predicted molar refractivity (Wildman–Crippen MR) is 92.3 cm³/mol. The molecule has 2 heterocycles. The van der Waals surface area contributed by atoms with Crippen LogP contribution < -0.4 is 5.63 Å². The Kier molecular flexibility index (Phi) is 4.92. The number of piperidine rings is 1. The number of rotatable bonds is 3. The van der Waals surface area contributed by atoms with Crippen LogP contribution in [0.3, 0.4) is 0 Å². The molecule has 0 bridgehead atoms. The van der Waals surface area contributed by atoms with Crippen molar-refractivity contribution in [3.05, 3.63) is 44.8 Å². The van der Waals surface area contributed by atoms with Gasteiger partial charge in [-0.3, -0.25) is 9.69 Å². The van der Waals surface area contributed by atoms with Crippen LogP contribution >= 0.6 is 11.6 Å². The van der Waals surface area contributed by atoms with Crippen LogP contribution in [0.4, 0.5) is 0 Å². The second-order valence-corrected chi connectivity index (χ2v) is 6.60. The third kappa shape index (κ3) is 3.32. The minimum Gasteiger partial charge on any atom is -0.468 e. The number of esters is 1. The summed E-state index contributed by atoms with van der Waals surface area (Å²) in [6, 6.07) is 4.81. The van der Waals surface area contributed by atoms with Gasteiger partial charge in [-0.2, -0.15) is 0 Å². The number of carbonyl (C=O) groups excluding carboxylic acids is 1. The summed E-state index contributed by atoms with van der Waals surface area (Å²) in [5, 5.41) is 1.43. The predicted octanol–water partition coefficient (Wildman–Crippen LogP) is 3.28. The normalized spacial score (nSPS) is 18.7. The molecule has 0 aliphatic carbocycles. The zero-order chi connectivity index (χ0) is 17.3. The monoisotopic (exact) mass is 349 g/mol. The van der Waals surface area contributed by atoms with E-state index in [4.69, 9.17) is 20.8 Å². The molecule has 0 amide bonds. The number of ether oxygens (including phenoxy) is 1. The topological polar surface area (TPSA) is 59.8 Å². The van der Waals surface area contributed by atoms with E-state index in [0.29, 0.717) is 17.2 Å². The maximum atomic E-state index is 12.0. The molecule has 128 valence electrons. The molecule has 1 atom stereocenters. The van der Waals surface area contributed by atoms with E-state index < -0.39 is 5.63 Å². The third-order valence-corrected chi connectivity index (χ3v) is 4.98. The lowest BCUT2D eigenvalue weighted by atomic mass is 10.00. The highest BCUT2D eigenvalue weighted by Gasteiger charge is 2.29. The van der Waals surface area contributed by atoms with Crippen molar-refractivity contribution in [2.75, 3.05) is 13.7 Å². The Morgan fingerprint density at radius 1 is 1.38 bits per heavy atom. The maximum absolute atomic E-state index is 12.0. The van der Waals surface area contributed by atoms with Gasteiger partial charge in [0.05, 0.1) is 7.11 Å². The van der Waals surface area contributed by atoms with E-state index >= 15 is 0 Å². The quantitative estimate of drug-likeness (QED) is 0.628. The summed E-state index contributed by atoms with van der Waals surface area (Å²) in [5.74, 6) is -0.226. The molecule has 1 saturated heterocycles.